The Labute approximate surface area is 144 Å². The number of aryl methyl sites for hydroxylation is 2. The van der Waals surface area contributed by atoms with Gasteiger partial charge < -0.3 is 5.32 Å². The average molecular weight is 317 g/mol. The quantitative estimate of drug-likeness (QED) is 0.794. The molecule has 1 N–H and O–H groups in total. The lowest BCUT2D eigenvalue weighted by atomic mass is 9.89. The minimum absolute atomic E-state index is 0.0818. The molecule has 1 aliphatic heterocycles. The molecule has 0 amide bonds. The molecule has 0 spiro atoms. The van der Waals surface area contributed by atoms with E-state index in [1.54, 1.807) is 36.5 Å². The minimum atomic E-state index is -1.72. The second-order valence-corrected chi connectivity index (χ2v) is 5.65. The molecule has 4 unspecified atom stereocenters. The highest BCUT2D eigenvalue weighted by molar-refractivity contribution is 6.30. The van der Waals surface area contributed by atoms with E-state index in [-0.39, 0.29) is 6.42 Å². The summed E-state index contributed by atoms with van der Waals surface area (Å²) in [7, 11) is 0. The van der Waals surface area contributed by atoms with Gasteiger partial charge in [0.05, 0.1) is 5.69 Å². The molecule has 1 fully saturated rings. The van der Waals surface area contributed by atoms with Crippen molar-refractivity contribution in [2.24, 2.45) is 0 Å². The average Bonchev–Trinajstić information content (AvgIpc) is 2.73. The Morgan fingerprint density at radius 1 is 1.14 bits per heavy atom. The van der Waals surface area contributed by atoms with Gasteiger partial charge in [0.25, 0.3) is 0 Å². The van der Waals surface area contributed by atoms with Crippen LogP contribution in [0.1, 0.15) is 43.4 Å². The molecule has 4 atom stereocenters. The van der Waals surface area contributed by atoms with E-state index >= 15 is 0 Å². The minimum Gasteiger partial charge on any atom is -0.316 e. The Morgan fingerprint density at radius 3 is 2.86 bits per heavy atom. The largest absolute Gasteiger partial charge is 0.316 e. The molecule has 0 saturated carbocycles. The standard InChI is InChI=1S/C19H19ClN2/c20-16-5-6-17-15(12-16)4-3-14-2-1-9-22-19(14)18(17)13-7-10-21-11-8-13/h1-2,5-6,9,12,21H,3-4,7-8,10-11H2/i4D2,7D,8D,10D,11D. The lowest BCUT2D eigenvalue weighted by molar-refractivity contribution is 0.611. The van der Waals surface area contributed by atoms with Gasteiger partial charge in [-0.05, 0) is 73.5 Å². The van der Waals surface area contributed by atoms with Gasteiger partial charge in [0.15, 0.2) is 0 Å². The molecule has 4 rings (SSSR count). The van der Waals surface area contributed by atoms with E-state index in [0.717, 1.165) is 0 Å². The predicted molar refractivity (Wildman–Crippen MR) is 91.2 cm³/mol. The Kier molecular flexibility index (Phi) is 2.36. The monoisotopic (exact) mass is 316 g/mol. The molecule has 112 valence electrons. The van der Waals surface area contributed by atoms with Crippen LogP contribution in [0.4, 0.5) is 0 Å². The third-order valence-corrected chi connectivity index (χ3v) is 4.09. The van der Waals surface area contributed by atoms with Crippen LogP contribution in [-0.2, 0) is 12.8 Å². The Morgan fingerprint density at radius 2 is 2.00 bits per heavy atom. The van der Waals surface area contributed by atoms with Gasteiger partial charge >= 0.3 is 0 Å². The van der Waals surface area contributed by atoms with Crippen LogP contribution < -0.4 is 5.32 Å². The molecule has 3 heteroatoms. The number of piperidine rings is 1. The van der Waals surface area contributed by atoms with Gasteiger partial charge in [0.2, 0.25) is 0 Å². The van der Waals surface area contributed by atoms with E-state index < -0.39 is 32.2 Å². The van der Waals surface area contributed by atoms with Crippen molar-refractivity contribution in [3.05, 3.63) is 69.5 Å². The van der Waals surface area contributed by atoms with Crippen molar-refractivity contribution >= 4 is 17.2 Å². The first-order valence-electron chi connectivity index (χ1n) is 10.5. The van der Waals surface area contributed by atoms with Crippen molar-refractivity contribution in [3.8, 4) is 0 Å². The highest BCUT2D eigenvalue weighted by Crippen LogP contribution is 2.37. The summed E-state index contributed by atoms with van der Waals surface area (Å²) in [5, 5.41) is 3.05. The summed E-state index contributed by atoms with van der Waals surface area (Å²) in [5.41, 5.74) is 2.89. The molecule has 0 bridgehead atoms. The third-order valence-electron chi connectivity index (χ3n) is 3.86. The zero-order valence-corrected chi connectivity index (χ0v) is 12.6. The van der Waals surface area contributed by atoms with Gasteiger partial charge in [-0.2, -0.15) is 0 Å². The summed E-state index contributed by atoms with van der Waals surface area (Å²) in [4.78, 5) is 4.47. The Balaban J connectivity index is 2.12. The second kappa shape index (κ2) is 5.86. The number of pyridine rings is 1. The molecular formula is C19H19ClN2. The normalized spacial score (nSPS) is 37.3. The van der Waals surface area contributed by atoms with Crippen LogP contribution in [0.15, 0.2) is 42.1 Å². The molecule has 1 aliphatic carbocycles. The molecule has 1 aromatic heterocycles. The van der Waals surface area contributed by atoms with E-state index in [0.29, 0.717) is 38.6 Å². The Bertz CT molecular complexity index is 947. The van der Waals surface area contributed by atoms with Crippen LogP contribution >= 0.6 is 11.6 Å². The van der Waals surface area contributed by atoms with Gasteiger partial charge in [-0.25, -0.2) is 0 Å². The molecule has 2 heterocycles. The summed E-state index contributed by atoms with van der Waals surface area (Å²) >= 11 is 6.16. The molecule has 2 nitrogen and oxygen atoms in total. The van der Waals surface area contributed by atoms with Crippen molar-refractivity contribution in [2.45, 2.75) is 25.6 Å². The van der Waals surface area contributed by atoms with Gasteiger partial charge in [0, 0.05) is 25.0 Å². The predicted octanol–water partition coefficient (Wildman–Crippen LogP) is 4.02. The van der Waals surface area contributed by atoms with E-state index in [2.05, 4.69) is 10.3 Å². The zero-order valence-electron chi connectivity index (χ0n) is 17.8. The van der Waals surface area contributed by atoms with Crippen molar-refractivity contribution < 1.29 is 8.22 Å². The fourth-order valence-corrected chi connectivity index (χ4v) is 3.02. The van der Waals surface area contributed by atoms with Crippen molar-refractivity contribution in [2.75, 3.05) is 13.0 Å². The highest BCUT2D eigenvalue weighted by Gasteiger charge is 2.23. The Hall–Kier alpha value is -1.64. The number of hydrogen-bond donors (Lipinski definition) is 1. The lowest BCUT2D eigenvalue weighted by Gasteiger charge is -2.21. The number of rotatable bonds is 0. The van der Waals surface area contributed by atoms with Crippen LogP contribution in [0.2, 0.25) is 5.02 Å². The summed E-state index contributed by atoms with van der Waals surface area (Å²) in [6.45, 7) is -2.09. The molecule has 2 aromatic rings. The zero-order chi connectivity index (χ0) is 20.2. The smallest absolute Gasteiger partial charge is 0.0739 e. The van der Waals surface area contributed by atoms with E-state index in [9.17, 15) is 0 Å². The first-order valence-corrected chi connectivity index (χ1v) is 7.52. The first kappa shape index (κ1) is 8.85. The van der Waals surface area contributed by atoms with Gasteiger partial charge in [-0.1, -0.05) is 29.3 Å². The summed E-state index contributed by atoms with van der Waals surface area (Å²) in [6.07, 6.45) is -2.17. The maximum absolute atomic E-state index is 8.64. The van der Waals surface area contributed by atoms with E-state index in [1.165, 1.54) is 0 Å². The maximum atomic E-state index is 8.64. The third kappa shape index (κ3) is 2.47. The number of nitrogens with zero attached hydrogens (tertiary/aromatic N) is 1. The summed E-state index contributed by atoms with van der Waals surface area (Å²) in [5.74, 6) is 0. The summed E-state index contributed by atoms with van der Waals surface area (Å²) < 4.78 is 50.6. The van der Waals surface area contributed by atoms with Crippen molar-refractivity contribution in [1.82, 2.24) is 10.3 Å². The molecular weight excluding hydrogens is 292 g/mol. The van der Waals surface area contributed by atoms with Crippen LogP contribution in [0.5, 0.6) is 0 Å². The number of hydrogen-bond acceptors (Lipinski definition) is 2. The van der Waals surface area contributed by atoms with Crippen LogP contribution in [0, 0.1) is 0 Å². The topological polar surface area (TPSA) is 24.9 Å². The number of aromatic nitrogens is 1. The van der Waals surface area contributed by atoms with Crippen LogP contribution in [0.3, 0.4) is 0 Å². The SMILES string of the molecule is [2H]C1NC([2H])C([2H])C(=C2c3ccc(Cl)cc3C([2H])([2H])Cc3cccnc32)C1[2H]. The number of nitrogens with one attached hydrogen (secondary N) is 1. The number of benzene rings is 1. The molecule has 22 heavy (non-hydrogen) atoms. The van der Waals surface area contributed by atoms with Gasteiger partial charge in [-0.15, -0.1) is 0 Å². The number of halogens is 1. The van der Waals surface area contributed by atoms with Crippen LogP contribution in [0.25, 0.3) is 5.57 Å². The number of fused-ring (bicyclic) bond motifs is 2. The van der Waals surface area contributed by atoms with E-state index in [1.807, 2.05) is 0 Å². The molecule has 0 radical (unpaired) electrons. The van der Waals surface area contributed by atoms with Crippen molar-refractivity contribution in [1.29, 1.82) is 0 Å². The summed E-state index contributed by atoms with van der Waals surface area (Å²) in [6, 6.07) is 8.46. The highest BCUT2D eigenvalue weighted by atomic mass is 35.5. The van der Waals surface area contributed by atoms with E-state index in [4.69, 9.17) is 19.8 Å². The second-order valence-electron chi connectivity index (χ2n) is 5.22. The molecule has 1 saturated heterocycles. The molecule has 1 aromatic carbocycles. The van der Waals surface area contributed by atoms with Gasteiger partial charge in [-0.3, -0.25) is 4.98 Å². The lowest BCUT2D eigenvalue weighted by Crippen LogP contribution is -2.24. The molecule has 2 aliphatic rings. The van der Waals surface area contributed by atoms with Crippen LogP contribution in [-0.4, -0.2) is 18.0 Å². The fourth-order valence-electron chi connectivity index (χ4n) is 2.85. The van der Waals surface area contributed by atoms with Crippen molar-refractivity contribution in [3.63, 3.8) is 0 Å². The van der Waals surface area contributed by atoms with Gasteiger partial charge in [0.1, 0.15) is 0 Å². The maximum Gasteiger partial charge on any atom is 0.0739 e. The fraction of sp³-hybridized carbons (Fsp3) is 0.316. The first-order chi connectivity index (χ1) is 13.2.